The Balaban J connectivity index is 2.16. The minimum Gasteiger partial charge on any atom is -0.289 e. The van der Waals surface area contributed by atoms with Crippen molar-refractivity contribution in [3.8, 4) is 0 Å². The van der Waals surface area contributed by atoms with E-state index >= 15 is 0 Å². The first kappa shape index (κ1) is 8.66. The molecule has 1 nitrogen and oxygen atoms in total. The van der Waals surface area contributed by atoms with E-state index in [1.54, 1.807) is 0 Å². The predicted molar refractivity (Wildman–Crippen MR) is 64.1 cm³/mol. The van der Waals surface area contributed by atoms with Crippen molar-refractivity contribution in [2.75, 3.05) is 6.54 Å². The molecule has 0 aromatic carbocycles. The molecule has 1 heteroatoms. The second-order valence-corrected chi connectivity index (χ2v) is 4.09. The second kappa shape index (κ2) is 3.50. The molecule has 1 aliphatic heterocycles. The van der Waals surface area contributed by atoms with E-state index in [0.29, 0.717) is 0 Å². The smallest absolute Gasteiger partial charge is 0.0573 e. The van der Waals surface area contributed by atoms with Crippen molar-refractivity contribution in [3.63, 3.8) is 0 Å². The third-order valence-electron chi connectivity index (χ3n) is 3.01. The average molecular weight is 195 g/mol. The molecule has 74 valence electrons. The summed E-state index contributed by atoms with van der Waals surface area (Å²) in [5.41, 5.74) is 5.69. The number of hydrogen-bond acceptors (Lipinski definition) is 1. The van der Waals surface area contributed by atoms with E-state index in [4.69, 9.17) is 0 Å². The van der Waals surface area contributed by atoms with E-state index < -0.39 is 0 Å². The fourth-order valence-electron chi connectivity index (χ4n) is 2.30. The van der Waals surface area contributed by atoms with E-state index in [2.05, 4.69) is 41.4 Å². The van der Waals surface area contributed by atoms with E-state index in [1.807, 2.05) is 6.21 Å². The van der Waals surface area contributed by atoms with Gasteiger partial charge in [-0.2, -0.15) is 0 Å². The Labute approximate surface area is 89.9 Å². The molecular weight excluding hydrogens is 182 g/mol. The Morgan fingerprint density at radius 3 is 3.00 bits per heavy atom. The van der Waals surface area contributed by atoms with Crippen LogP contribution in [0.1, 0.15) is 12.8 Å². The van der Waals surface area contributed by atoms with Crippen LogP contribution in [0.3, 0.4) is 0 Å². The molecule has 0 amide bonds. The van der Waals surface area contributed by atoms with Crippen LogP contribution in [0.15, 0.2) is 63.7 Å². The van der Waals surface area contributed by atoms with Crippen molar-refractivity contribution in [1.29, 1.82) is 0 Å². The van der Waals surface area contributed by atoms with Gasteiger partial charge in [0.05, 0.1) is 6.54 Å². The highest BCUT2D eigenvalue weighted by Gasteiger charge is 2.18. The first-order chi connectivity index (χ1) is 7.43. The van der Waals surface area contributed by atoms with Gasteiger partial charge in [-0.1, -0.05) is 42.0 Å². The van der Waals surface area contributed by atoms with E-state index in [9.17, 15) is 0 Å². The molecule has 0 saturated carbocycles. The van der Waals surface area contributed by atoms with Crippen LogP contribution in [0.5, 0.6) is 0 Å². The number of allylic oxidation sites excluding steroid dienone is 9. The van der Waals surface area contributed by atoms with Crippen LogP contribution in [-0.4, -0.2) is 12.8 Å². The number of hydrogen-bond donors (Lipinski definition) is 0. The zero-order valence-corrected chi connectivity index (χ0v) is 8.61. The van der Waals surface area contributed by atoms with Gasteiger partial charge in [0.25, 0.3) is 0 Å². The molecule has 0 fully saturated rings. The highest BCUT2D eigenvalue weighted by Crippen LogP contribution is 2.35. The molecule has 1 heterocycles. The summed E-state index contributed by atoms with van der Waals surface area (Å²) in [6, 6.07) is 0. The molecule has 0 radical (unpaired) electrons. The van der Waals surface area contributed by atoms with Crippen LogP contribution < -0.4 is 0 Å². The lowest BCUT2D eigenvalue weighted by molar-refractivity contribution is 0.994. The second-order valence-electron chi connectivity index (χ2n) is 4.09. The Morgan fingerprint density at radius 2 is 2.00 bits per heavy atom. The Hall–Kier alpha value is -1.63. The summed E-state index contributed by atoms with van der Waals surface area (Å²) in [6.45, 7) is 0.815. The average Bonchev–Trinajstić information content (AvgIpc) is 2.58. The van der Waals surface area contributed by atoms with Crippen molar-refractivity contribution in [2.24, 2.45) is 4.99 Å². The predicted octanol–water partition coefficient (Wildman–Crippen LogP) is 3.14. The summed E-state index contributed by atoms with van der Waals surface area (Å²) < 4.78 is 0. The highest BCUT2D eigenvalue weighted by atomic mass is 14.7. The van der Waals surface area contributed by atoms with Crippen LogP contribution in [0.2, 0.25) is 0 Å². The molecule has 2 bridgehead atoms. The molecule has 0 aromatic rings. The zero-order valence-electron chi connectivity index (χ0n) is 8.61. The maximum absolute atomic E-state index is 4.37. The largest absolute Gasteiger partial charge is 0.289 e. The first-order valence-corrected chi connectivity index (χ1v) is 5.38. The fourth-order valence-corrected chi connectivity index (χ4v) is 2.30. The lowest BCUT2D eigenvalue weighted by atomic mass is 9.84. The number of fused-ring (bicyclic) bond motifs is 3. The molecule has 0 spiro atoms. The van der Waals surface area contributed by atoms with Crippen LogP contribution in [0.25, 0.3) is 0 Å². The van der Waals surface area contributed by atoms with Gasteiger partial charge in [-0.3, -0.25) is 4.99 Å². The number of aliphatic imine (C=N–C) groups is 1. The van der Waals surface area contributed by atoms with Gasteiger partial charge in [0.2, 0.25) is 0 Å². The maximum atomic E-state index is 4.37. The van der Waals surface area contributed by atoms with Crippen molar-refractivity contribution in [1.82, 2.24) is 0 Å². The summed E-state index contributed by atoms with van der Waals surface area (Å²) >= 11 is 0. The van der Waals surface area contributed by atoms with Gasteiger partial charge in [0, 0.05) is 6.21 Å². The standard InChI is InChI=1S/C14H13N/c1-2-5-12-8-11(4-1)9-13-10-15-7-3-6-14(12)13/h1-6,10H,7-9H2. The van der Waals surface area contributed by atoms with E-state index in [1.165, 1.54) is 22.3 Å². The third-order valence-corrected chi connectivity index (χ3v) is 3.01. The van der Waals surface area contributed by atoms with Gasteiger partial charge in [-0.15, -0.1) is 0 Å². The molecular formula is C14H13N. The Bertz CT molecular complexity index is 468. The van der Waals surface area contributed by atoms with Gasteiger partial charge in [-0.25, -0.2) is 0 Å². The number of rotatable bonds is 0. The minimum absolute atomic E-state index is 0.815. The SMILES string of the molecule is C1=CC=C2CC(=C1)CC1=C2C=CCN=C1. The van der Waals surface area contributed by atoms with Crippen LogP contribution in [0.4, 0.5) is 0 Å². The summed E-state index contributed by atoms with van der Waals surface area (Å²) in [7, 11) is 0. The van der Waals surface area contributed by atoms with Crippen molar-refractivity contribution < 1.29 is 0 Å². The molecule has 3 aliphatic rings. The van der Waals surface area contributed by atoms with Crippen LogP contribution in [-0.2, 0) is 0 Å². The Kier molecular flexibility index (Phi) is 2.02. The molecule has 0 unspecified atom stereocenters. The van der Waals surface area contributed by atoms with Crippen molar-refractivity contribution in [2.45, 2.75) is 12.8 Å². The third kappa shape index (κ3) is 1.54. The van der Waals surface area contributed by atoms with E-state index in [-0.39, 0.29) is 0 Å². The van der Waals surface area contributed by atoms with Gasteiger partial charge >= 0.3 is 0 Å². The van der Waals surface area contributed by atoms with Crippen molar-refractivity contribution >= 4 is 6.21 Å². The van der Waals surface area contributed by atoms with Gasteiger partial charge in [0.15, 0.2) is 0 Å². The topological polar surface area (TPSA) is 12.4 Å². The maximum Gasteiger partial charge on any atom is 0.0573 e. The van der Waals surface area contributed by atoms with E-state index in [0.717, 1.165) is 19.4 Å². The minimum atomic E-state index is 0.815. The molecule has 0 atom stereocenters. The van der Waals surface area contributed by atoms with Crippen LogP contribution >= 0.6 is 0 Å². The monoisotopic (exact) mass is 195 g/mol. The fraction of sp³-hybridized carbons (Fsp3) is 0.214. The van der Waals surface area contributed by atoms with Gasteiger partial charge in [-0.05, 0) is 29.6 Å². The van der Waals surface area contributed by atoms with Gasteiger partial charge in [0.1, 0.15) is 0 Å². The lowest BCUT2D eigenvalue weighted by Gasteiger charge is -2.20. The first-order valence-electron chi connectivity index (χ1n) is 5.38. The van der Waals surface area contributed by atoms with Crippen LogP contribution in [0, 0.1) is 0 Å². The summed E-state index contributed by atoms with van der Waals surface area (Å²) in [6.07, 6.45) is 17.3. The quantitative estimate of drug-likeness (QED) is 0.563. The summed E-state index contributed by atoms with van der Waals surface area (Å²) in [5, 5.41) is 0. The molecule has 0 aromatic heterocycles. The van der Waals surface area contributed by atoms with Gasteiger partial charge < -0.3 is 0 Å². The summed E-state index contributed by atoms with van der Waals surface area (Å²) in [4.78, 5) is 4.37. The number of nitrogens with zero attached hydrogens (tertiary/aromatic N) is 1. The molecule has 15 heavy (non-hydrogen) atoms. The van der Waals surface area contributed by atoms with Crippen molar-refractivity contribution in [3.05, 3.63) is 58.7 Å². The summed E-state index contributed by atoms with van der Waals surface area (Å²) in [5.74, 6) is 0. The normalized spacial score (nSPS) is 22.9. The highest BCUT2D eigenvalue weighted by molar-refractivity contribution is 5.85. The lowest BCUT2D eigenvalue weighted by Crippen LogP contribution is -2.04. The molecule has 3 rings (SSSR count). The Morgan fingerprint density at radius 1 is 1.07 bits per heavy atom. The zero-order chi connectivity index (χ0) is 10.1. The molecule has 0 N–H and O–H groups in total. The molecule has 0 saturated heterocycles. The molecule has 2 aliphatic carbocycles.